The third-order valence-electron chi connectivity index (χ3n) is 3.66. The van der Waals surface area contributed by atoms with Crippen molar-refractivity contribution in [2.24, 2.45) is 11.8 Å². The Balaban J connectivity index is 2.03. The predicted molar refractivity (Wildman–Crippen MR) is 71.2 cm³/mol. The van der Waals surface area contributed by atoms with E-state index >= 15 is 0 Å². The van der Waals surface area contributed by atoms with E-state index in [0.717, 1.165) is 12.8 Å². The number of ether oxygens (including phenoxy) is 3. The number of carbonyl (C=O) groups is 1. The fourth-order valence-electron chi connectivity index (χ4n) is 2.60. The summed E-state index contributed by atoms with van der Waals surface area (Å²) in [6.45, 7) is 2.70. The fourth-order valence-corrected chi connectivity index (χ4v) is 2.60. The summed E-state index contributed by atoms with van der Waals surface area (Å²) in [4.78, 5) is 11.2. The van der Waals surface area contributed by atoms with Crippen LogP contribution in [0.1, 0.15) is 32.1 Å². The molecule has 1 aliphatic rings. The van der Waals surface area contributed by atoms with Gasteiger partial charge in [-0.3, -0.25) is 4.79 Å². The van der Waals surface area contributed by atoms with E-state index in [2.05, 4.69) is 0 Å². The van der Waals surface area contributed by atoms with Crippen LogP contribution in [0.3, 0.4) is 0 Å². The Bertz CT molecular complexity index is 238. The lowest BCUT2D eigenvalue weighted by atomic mass is 9.88. The van der Waals surface area contributed by atoms with Crippen LogP contribution < -0.4 is 0 Å². The second kappa shape index (κ2) is 10.2. The summed E-state index contributed by atoms with van der Waals surface area (Å²) in [5, 5.41) is 9.24. The van der Waals surface area contributed by atoms with Crippen LogP contribution in [-0.2, 0) is 19.0 Å². The zero-order valence-corrected chi connectivity index (χ0v) is 11.8. The van der Waals surface area contributed by atoms with Gasteiger partial charge in [0, 0.05) is 13.7 Å². The van der Waals surface area contributed by atoms with Crippen molar-refractivity contribution in [3.8, 4) is 0 Å². The third kappa shape index (κ3) is 6.89. The number of rotatable bonds is 11. The second-order valence-corrected chi connectivity index (χ2v) is 5.00. The number of carboxylic acid groups (broad SMARTS) is 1. The Kier molecular flexibility index (Phi) is 8.79. The molecule has 0 heterocycles. The van der Waals surface area contributed by atoms with Crippen molar-refractivity contribution in [2.45, 2.75) is 32.1 Å². The molecule has 5 heteroatoms. The average Bonchev–Trinajstić information content (AvgIpc) is 2.90. The molecule has 1 rings (SSSR count). The van der Waals surface area contributed by atoms with Gasteiger partial charge in [-0.05, 0) is 25.2 Å². The van der Waals surface area contributed by atoms with Gasteiger partial charge in [0.25, 0.3) is 0 Å². The molecule has 0 spiro atoms. The van der Waals surface area contributed by atoms with Crippen molar-refractivity contribution in [1.82, 2.24) is 0 Å². The SMILES string of the molecule is COCCOCCOCCC(C(=O)O)C1CCCC1. The number of hydrogen-bond acceptors (Lipinski definition) is 4. The number of carboxylic acids is 1. The maximum Gasteiger partial charge on any atom is 0.306 e. The van der Waals surface area contributed by atoms with Crippen LogP contribution in [0, 0.1) is 11.8 Å². The smallest absolute Gasteiger partial charge is 0.306 e. The van der Waals surface area contributed by atoms with Crippen LogP contribution in [0.2, 0.25) is 0 Å². The topological polar surface area (TPSA) is 65.0 Å². The molecule has 0 radical (unpaired) electrons. The van der Waals surface area contributed by atoms with E-state index in [1.54, 1.807) is 7.11 Å². The summed E-state index contributed by atoms with van der Waals surface area (Å²) in [6, 6.07) is 0. The average molecular weight is 274 g/mol. The van der Waals surface area contributed by atoms with Crippen molar-refractivity contribution in [3.05, 3.63) is 0 Å². The van der Waals surface area contributed by atoms with Crippen LogP contribution >= 0.6 is 0 Å². The van der Waals surface area contributed by atoms with Crippen LogP contribution in [0.4, 0.5) is 0 Å². The van der Waals surface area contributed by atoms with Gasteiger partial charge in [0.15, 0.2) is 0 Å². The Morgan fingerprint density at radius 3 is 2.26 bits per heavy atom. The van der Waals surface area contributed by atoms with E-state index in [-0.39, 0.29) is 5.92 Å². The molecule has 112 valence electrons. The molecule has 0 saturated heterocycles. The summed E-state index contributed by atoms with van der Waals surface area (Å²) in [5.41, 5.74) is 0. The third-order valence-corrected chi connectivity index (χ3v) is 3.66. The fraction of sp³-hybridized carbons (Fsp3) is 0.929. The van der Waals surface area contributed by atoms with Gasteiger partial charge < -0.3 is 19.3 Å². The zero-order valence-electron chi connectivity index (χ0n) is 11.8. The lowest BCUT2D eigenvalue weighted by Gasteiger charge is -2.18. The minimum absolute atomic E-state index is 0.239. The lowest BCUT2D eigenvalue weighted by molar-refractivity contribution is -0.144. The van der Waals surface area contributed by atoms with Crippen LogP contribution in [0.25, 0.3) is 0 Å². The van der Waals surface area contributed by atoms with Crippen LogP contribution in [-0.4, -0.2) is 51.2 Å². The highest BCUT2D eigenvalue weighted by atomic mass is 16.5. The normalized spacial score (nSPS) is 17.7. The summed E-state index contributed by atoms with van der Waals surface area (Å²) in [7, 11) is 1.63. The van der Waals surface area contributed by atoms with Crippen molar-refractivity contribution in [1.29, 1.82) is 0 Å². The molecule has 0 bridgehead atoms. The minimum Gasteiger partial charge on any atom is -0.481 e. The van der Waals surface area contributed by atoms with Gasteiger partial charge in [-0.25, -0.2) is 0 Å². The van der Waals surface area contributed by atoms with E-state index in [1.165, 1.54) is 12.8 Å². The first-order chi connectivity index (χ1) is 9.25. The Morgan fingerprint density at radius 2 is 1.68 bits per heavy atom. The Morgan fingerprint density at radius 1 is 1.11 bits per heavy atom. The van der Waals surface area contributed by atoms with E-state index in [4.69, 9.17) is 14.2 Å². The molecule has 1 unspecified atom stereocenters. The minimum atomic E-state index is -0.674. The highest BCUT2D eigenvalue weighted by molar-refractivity contribution is 5.70. The monoisotopic (exact) mass is 274 g/mol. The molecule has 1 atom stereocenters. The van der Waals surface area contributed by atoms with E-state index in [1.807, 2.05) is 0 Å². The van der Waals surface area contributed by atoms with Gasteiger partial charge in [0.2, 0.25) is 0 Å². The van der Waals surface area contributed by atoms with Crippen LogP contribution in [0.15, 0.2) is 0 Å². The molecule has 1 N–H and O–H groups in total. The van der Waals surface area contributed by atoms with Gasteiger partial charge in [-0.1, -0.05) is 12.8 Å². The Hall–Kier alpha value is -0.650. The number of methoxy groups -OCH3 is 1. The summed E-state index contributed by atoms with van der Waals surface area (Å²) in [5.74, 6) is -0.567. The molecule has 19 heavy (non-hydrogen) atoms. The highest BCUT2D eigenvalue weighted by Crippen LogP contribution is 2.33. The summed E-state index contributed by atoms with van der Waals surface area (Å²) >= 11 is 0. The standard InChI is InChI=1S/C14H26O5/c1-17-8-9-19-11-10-18-7-6-13(14(15)16)12-4-2-3-5-12/h12-13H,2-11H2,1H3,(H,15,16). The molecule has 0 aliphatic heterocycles. The molecular formula is C14H26O5. The first-order valence-electron chi connectivity index (χ1n) is 7.13. The molecular weight excluding hydrogens is 248 g/mol. The first kappa shape index (κ1) is 16.4. The predicted octanol–water partition coefficient (Wildman–Crippen LogP) is 1.95. The number of hydrogen-bond donors (Lipinski definition) is 1. The maximum absolute atomic E-state index is 11.2. The van der Waals surface area contributed by atoms with Gasteiger partial charge in [-0.15, -0.1) is 0 Å². The molecule has 0 amide bonds. The highest BCUT2D eigenvalue weighted by Gasteiger charge is 2.29. The largest absolute Gasteiger partial charge is 0.481 e. The van der Waals surface area contributed by atoms with Crippen molar-refractivity contribution in [3.63, 3.8) is 0 Å². The molecule has 1 saturated carbocycles. The van der Waals surface area contributed by atoms with Crippen molar-refractivity contribution >= 4 is 5.97 Å². The zero-order chi connectivity index (χ0) is 13.9. The molecule has 0 aromatic carbocycles. The maximum atomic E-state index is 11.2. The van der Waals surface area contributed by atoms with Crippen molar-refractivity contribution < 1.29 is 24.1 Å². The van der Waals surface area contributed by atoms with Crippen molar-refractivity contribution in [2.75, 3.05) is 40.1 Å². The van der Waals surface area contributed by atoms with Crippen LogP contribution in [0.5, 0.6) is 0 Å². The molecule has 1 aliphatic carbocycles. The second-order valence-electron chi connectivity index (χ2n) is 5.00. The van der Waals surface area contributed by atoms with E-state index < -0.39 is 5.97 Å². The lowest BCUT2D eigenvalue weighted by Crippen LogP contribution is -2.23. The molecule has 0 aromatic heterocycles. The first-order valence-corrected chi connectivity index (χ1v) is 7.13. The quantitative estimate of drug-likeness (QED) is 0.583. The molecule has 1 fully saturated rings. The summed E-state index contributed by atoms with van der Waals surface area (Å²) < 4.78 is 15.5. The number of aliphatic carboxylic acids is 1. The van der Waals surface area contributed by atoms with E-state index in [9.17, 15) is 9.90 Å². The van der Waals surface area contributed by atoms with Gasteiger partial charge in [0.05, 0.1) is 32.3 Å². The van der Waals surface area contributed by atoms with Gasteiger partial charge in [0.1, 0.15) is 0 Å². The Labute approximate surface area is 115 Å². The molecule has 0 aromatic rings. The van der Waals surface area contributed by atoms with Gasteiger partial charge in [-0.2, -0.15) is 0 Å². The van der Waals surface area contributed by atoms with E-state index in [0.29, 0.717) is 45.4 Å². The molecule has 5 nitrogen and oxygen atoms in total. The summed E-state index contributed by atoms with van der Waals surface area (Å²) in [6.07, 6.45) is 5.05. The van der Waals surface area contributed by atoms with Gasteiger partial charge >= 0.3 is 5.97 Å².